The summed E-state index contributed by atoms with van der Waals surface area (Å²) in [6, 6.07) is 2.79. The van der Waals surface area contributed by atoms with E-state index in [-0.39, 0.29) is 0 Å². The van der Waals surface area contributed by atoms with Crippen molar-refractivity contribution < 1.29 is 0 Å². The van der Waals surface area contributed by atoms with Crippen molar-refractivity contribution in [1.82, 2.24) is 4.90 Å². The van der Waals surface area contributed by atoms with Gasteiger partial charge in [0.15, 0.2) is 0 Å². The molecule has 2 N–H and O–H groups in total. The summed E-state index contributed by atoms with van der Waals surface area (Å²) in [5.74, 6) is 0.846. The highest BCUT2D eigenvalue weighted by atomic mass is 32.1. The number of nitrogens with two attached hydrogens (primary N) is 1. The van der Waals surface area contributed by atoms with Gasteiger partial charge in [-0.05, 0) is 48.2 Å². The van der Waals surface area contributed by atoms with Crippen LogP contribution in [0, 0.1) is 5.92 Å². The zero-order chi connectivity index (χ0) is 10.7. The lowest BCUT2D eigenvalue weighted by atomic mass is 9.79. The van der Waals surface area contributed by atoms with Crippen molar-refractivity contribution in [3.05, 3.63) is 22.4 Å². The van der Waals surface area contributed by atoms with E-state index in [1.807, 2.05) is 0 Å². The first kappa shape index (κ1) is 11.1. The van der Waals surface area contributed by atoms with E-state index in [0.717, 1.165) is 19.0 Å². The molecule has 1 unspecified atom stereocenters. The van der Waals surface area contributed by atoms with Crippen molar-refractivity contribution in [2.75, 3.05) is 13.6 Å². The summed E-state index contributed by atoms with van der Waals surface area (Å²) in [6.07, 6.45) is 4.14. The van der Waals surface area contributed by atoms with Gasteiger partial charge in [0.2, 0.25) is 0 Å². The van der Waals surface area contributed by atoms with E-state index in [0.29, 0.717) is 6.04 Å². The molecule has 15 heavy (non-hydrogen) atoms. The fraction of sp³-hybridized carbons (Fsp3) is 0.667. The summed E-state index contributed by atoms with van der Waals surface area (Å²) < 4.78 is 0. The molecule has 0 aromatic carbocycles. The number of hydrogen-bond donors (Lipinski definition) is 1. The maximum Gasteiger partial charge on any atom is 0.0247 e. The molecular weight excluding hydrogens is 204 g/mol. The molecule has 0 radical (unpaired) electrons. The molecule has 0 saturated heterocycles. The molecule has 1 aliphatic rings. The van der Waals surface area contributed by atoms with E-state index in [2.05, 4.69) is 28.8 Å². The molecule has 1 saturated carbocycles. The van der Waals surface area contributed by atoms with Crippen LogP contribution in [0.25, 0.3) is 0 Å². The monoisotopic (exact) mass is 224 g/mol. The third kappa shape index (κ3) is 2.60. The fourth-order valence-corrected chi connectivity index (χ4v) is 3.00. The molecular formula is C12H20N2S. The maximum absolute atomic E-state index is 5.87. The minimum atomic E-state index is 0.582. The Bertz CT molecular complexity index is 280. The highest BCUT2D eigenvalue weighted by Gasteiger charge is 2.28. The summed E-state index contributed by atoms with van der Waals surface area (Å²) in [5.41, 5.74) is 7.29. The molecule has 1 fully saturated rings. The highest BCUT2D eigenvalue weighted by molar-refractivity contribution is 7.07. The maximum atomic E-state index is 5.87. The van der Waals surface area contributed by atoms with E-state index in [4.69, 9.17) is 5.73 Å². The quantitative estimate of drug-likeness (QED) is 0.831. The lowest BCUT2D eigenvalue weighted by molar-refractivity contribution is 0.118. The third-order valence-corrected chi connectivity index (χ3v) is 4.25. The van der Waals surface area contributed by atoms with Crippen molar-refractivity contribution in [2.45, 2.75) is 31.8 Å². The predicted molar refractivity (Wildman–Crippen MR) is 66.0 cm³/mol. The van der Waals surface area contributed by atoms with Crippen LogP contribution in [-0.4, -0.2) is 24.5 Å². The van der Waals surface area contributed by atoms with Crippen LogP contribution in [-0.2, 0) is 6.54 Å². The van der Waals surface area contributed by atoms with Crippen LogP contribution in [0.5, 0.6) is 0 Å². The van der Waals surface area contributed by atoms with Crippen LogP contribution >= 0.6 is 11.3 Å². The lowest BCUT2D eigenvalue weighted by Crippen LogP contribution is -2.45. The van der Waals surface area contributed by atoms with Gasteiger partial charge in [-0.15, -0.1) is 0 Å². The predicted octanol–water partition coefficient (Wildman–Crippen LogP) is 2.31. The van der Waals surface area contributed by atoms with E-state index < -0.39 is 0 Å². The van der Waals surface area contributed by atoms with Gasteiger partial charge in [-0.3, -0.25) is 4.90 Å². The smallest absolute Gasteiger partial charge is 0.0247 e. The Labute approximate surface area is 96.1 Å². The van der Waals surface area contributed by atoms with Crippen LogP contribution in [0.3, 0.4) is 0 Å². The zero-order valence-corrected chi connectivity index (χ0v) is 10.2. The second-order valence-electron chi connectivity index (χ2n) is 4.54. The molecule has 2 rings (SSSR count). The molecule has 1 aromatic rings. The van der Waals surface area contributed by atoms with Crippen LogP contribution < -0.4 is 5.73 Å². The Morgan fingerprint density at radius 2 is 2.40 bits per heavy atom. The second kappa shape index (κ2) is 5.10. The normalized spacial score (nSPS) is 19.1. The minimum absolute atomic E-state index is 0.582. The summed E-state index contributed by atoms with van der Waals surface area (Å²) in [6.45, 7) is 1.84. The van der Waals surface area contributed by atoms with Gasteiger partial charge in [0, 0.05) is 19.1 Å². The van der Waals surface area contributed by atoms with Gasteiger partial charge < -0.3 is 5.73 Å². The second-order valence-corrected chi connectivity index (χ2v) is 5.32. The molecule has 1 aromatic heterocycles. The molecule has 1 aliphatic carbocycles. The van der Waals surface area contributed by atoms with E-state index in [1.54, 1.807) is 11.3 Å². The lowest BCUT2D eigenvalue weighted by Gasteiger charge is -2.38. The Morgan fingerprint density at radius 1 is 1.60 bits per heavy atom. The first-order valence-electron chi connectivity index (χ1n) is 5.72. The topological polar surface area (TPSA) is 29.3 Å². The SMILES string of the molecule is CN(Cc1ccsc1)C(CN)C1CCC1. The minimum Gasteiger partial charge on any atom is -0.329 e. The largest absolute Gasteiger partial charge is 0.329 e. The first-order valence-corrected chi connectivity index (χ1v) is 6.67. The first-order chi connectivity index (χ1) is 7.31. The third-order valence-electron chi connectivity index (χ3n) is 3.51. The molecule has 1 atom stereocenters. The number of thiophene rings is 1. The van der Waals surface area contributed by atoms with Crippen LogP contribution in [0.4, 0.5) is 0 Å². The van der Waals surface area contributed by atoms with Gasteiger partial charge in [-0.2, -0.15) is 11.3 Å². The van der Waals surface area contributed by atoms with Crippen molar-refractivity contribution in [2.24, 2.45) is 11.7 Å². The summed E-state index contributed by atoms with van der Waals surface area (Å²) in [5, 5.41) is 4.37. The zero-order valence-electron chi connectivity index (χ0n) is 9.36. The van der Waals surface area contributed by atoms with Crippen molar-refractivity contribution in [3.63, 3.8) is 0 Å². The molecule has 0 bridgehead atoms. The van der Waals surface area contributed by atoms with Crippen molar-refractivity contribution in [3.8, 4) is 0 Å². The molecule has 0 spiro atoms. The summed E-state index contributed by atoms with van der Waals surface area (Å²) >= 11 is 1.77. The Morgan fingerprint density at radius 3 is 2.87 bits per heavy atom. The number of nitrogens with zero attached hydrogens (tertiary/aromatic N) is 1. The highest BCUT2D eigenvalue weighted by Crippen LogP contribution is 2.31. The van der Waals surface area contributed by atoms with Gasteiger partial charge in [-0.25, -0.2) is 0 Å². The molecule has 0 aliphatic heterocycles. The van der Waals surface area contributed by atoms with Gasteiger partial charge in [0.05, 0.1) is 0 Å². The number of hydrogen-bond acceptors (Lipinski definition) is 3. The fourth-order valence-electron chi connectivity index (χ4n) is 2.34. The Kier molecular flexibility index (Phi) is 3.78. The van der Waals surface area contributed by atoms with Gasteiger partial charge in [0.1, 0.15) is 0 Å². The van der Waals surface area contributed by atoms with Crippen LogP contribution in [0.15, 0.2) is 16.8 Å². The van der Waals surface area contributed by atoms with Gasteiger partial charge in [-0.1, -0.05) is 6.42 Å². The summed E-state index contributed by atoms with van der Waals surface area (Å²) in [4.78, 5) is 2.42. The van der Waals surface area contributed by atoms with E-state index in [9.17, 15) is 0 Å². The number of rotatable bonds is 5. The number of likely N-dealkylation sites (N-methyl/N-ethyl adjacent to an activating group) is 1. The van der Waals surface area contributed by atoms with Crippen molar-refractivity contribution in [1.29, 1.82) is 0 Å². The Hall–Kier alpha value is -0.380. The average molecular weight is 224 g/mol. The molecule has 84 valence electrons. The van der Waals surface area contributed by atoms with Gasteiger partial charge in [0.25, 0.3) is 0 Å². The molecule has 2 nitrogen and oxygen atoms in total. The van der Waals surface area contributed by atoms with Crippen LogP contribution in [0.2, 0.25) is 0 Å². The Balaban J connectivity index is 1.90. The van der Waals surface area contributed by atoms with E-state index >= 15 is 0 Å². The molecule has 3 heteroatoms. The average Bonchev–Trinajstić information content (AvgIpc) is 2.63. The standard InChI is InChI=1S/C12H20N2S/c1-14(8-10-5-6-15-9-10)12(7-13)11-3-2-4-11/h5-6,9,11-12H,2-4,7-8,13H2,1H3. The molecule has 0 amide bonds. The van der Waals surface area contributed by atoms with Gasteiger partial charge >= 0.3 is 0 Å². The molecule has 1 heterocycles. The van der Waals surface area contributed by atoms with E-state index in [1.165, 1.54) is 24.8 Å². The summed E-state index contributed by atoms with van der Waals surface area (Å²) in [7, 11) is 2.20. The van der Waals surface area contributed by atoms with Crippen LogP contribution in [0.1, 0.15) is 24.8 Å². The van der Waals surface area contributed by atoms with Crippen molar-refractivity contribution >= 4 is 11.3 Å².